The molecule has 1 aliphatic heterocycles. The van der Waals surface area contributed by atoms with Crippen molar-refractivity contribution in [3.63, 3.8) is 0 Å². The number of fused-ring (bicyclic) bond motifs is 1. The van der Waals surface area contributed by atoms with E-state index < -0.39 is 0 Å². The highest BCUT2D eigenvalue weighted by atomic mass is 16.6. The minimum absolute atomic E-state index is 0.128. The van der Waals surface area contributed by atoms with Gasteiger partial charge in [-0.15, -0.1) is 0 Å². The van der Waals surface area contributed by atoms with E-state index in [1.165, 1.54) is 6.92 Å². The summed E-state index contributed by atoms with van der Waals surface area (Å²) in [6.45, 7) is 6.94. The van der Waals surface area contributed by atoms with Crippen molar-refractivity contribution in [3.05, 3.63) is 48.0 Å². The van der Waals surface area contributed by atoms with Gasteiger partial charge in [-0.2, -0.15) is 0 Å². The molecule has 0 unspecified atom stereocenters. The number of nitrogens with one attached hydrogen (secondary N) is 1. The van der Waals surface area contributed by atoms with Gasteiger partial charge in [0.2, 0.25) is 11.8 Å². The van der Waals surface area contributed by atoms with Crippen LogP contribution >= 0.6 is 0 Å². The molecule has 1 heterocycles. The van der Waals surface area contributed by atoms with Gasteiger partial charge in [0.05, 0.1) is 0 Å². The molecule has 2 aromatic rings. The number of carbonyl (C=O) groups is 2. The number of para-hydroxylation sites is 1. The molecule has 28 heavy (non-hydrogen) atoms. The van der Waals surface area contributed by atoms with Crippen LogP contribution in [0.4, 0.5) is 11.4 Å². The van der Waals surface area contributed by atoms with E-state index >= 15 is 0 Å². The van der Waals surface area contributed by atoms with Crippen molar-refractivity contribution in [2.75, 3.05) is 30.0 Å². The first-order valence-electron chi connectivity index (χ1n) is 9.52. The van der Waals surface area contributed by atoms with E-state index in [0.717, 1.165) is 11.3 Å². The molecule has 0 bridgehead atoms. The van der Waals surface area contributed by atoms with Crippen LogP contribution in [-0.2, 0) is 9.59 Å². The third kappa shape index (κ3) is 4.63. The first-order valence-corrected chi connectivity index (χ1v) is 9.52. The Hall–Kier alpha value is -3.02. The van der Waals surface area contributed by atoms with Crippen LogP contribution in [0.1, 0.15) is 38.7 Å². The molecule has 2 amide bonds. The summed E-state index contributed by atoms with van der Waals surface area (Å²) < 4.78 is 11.1. The molecule has 148 valence electrons. The summed E-state index contributed by atoms with van der Waals surface area (Å²) in [7, 11) is 0. The fourth-order valence-corrected chi connectivity index (χ4v) is 3.21. The zero-order valence-electron chi connectivity index (χ0n) is 16.5. The first kappa shape index (κ1) is 19.7. The normalized spacial score (nSPS) is 12.6. The molecule has 1 N–H and O–H groups in total. The van der Waals surface area contributed by atoms with Crippen LogP contribution in [0, 0.1) is 0 Å². The molecule has 6 heteroatoms. The minimum atomic E-state index is -0.132. The van der Waals surface area contributed by atoms with Crippen LogP contribution < -0.4 is 19.7 Å². The molecule has 0 fully saturated rings. The topological polar surface area (TPSA) is 67.9 Å². The van der Waals surface area contributed by atoms with Gasteiger partial charge in [0, 0.05) is 37.3 Å². The molecular weight excluding hydrogens is 356 g/mol. The van der Waals surface area contributed by atoms with Crippen LogP contribution in [0.3, 0.4) is 0 Å². The van der Waals surface area contributed by atoms with Crippen molar-refractivity contribution >= 4 is 23.2 Å². The number of hydrogen-bond donors (Lipinski definition) is 1. The number of anilines is 2. The van der Waals surface area contributed by atoms with Crippen LogP contribution in [0.2, 0.25) is 0 Å². The highest BCUT2D eigenvalue weighted by Gasteiger charge is 2.18. The molecule has 0 spiro atoms. The van der Waals surface area contributed by atoms with Gasteiger partial charge in [0.1, 0.15) is 13.2 Å². The van der Waals surface area contributed by atoms with Crippen LogP contribution in [0.25, 0.3) is 0 Å². The zero-order chi connectivity index (χ0) is 20.1. The fourth-order valence-electron chi connectivity index (χ4n) is 3.21. The Labute approximate surface area is 165 Å². The second-order valence-corrected chi connectivity index (χ2v) is 7.04. The highest BCUT2D eigenvalue weighted by Crippen LogP contribution is 2.34. The van der Waals surface area contributed by atoms with Crippen molar-refractivity contribution in [2.24, 2.45) is 0 Å². The third-order valence-corrected chi connectivity index (χ3v) is 4.64. The maximum absolute atomic E-state index is 12.5. The Morgan fingerprint density at radius 3 is 2.50 bits per heavy atom. The summed E-state index contributed by atoms with van der Waals surface area (Å²) in [5.74, 6) is 1.33. The molecule has 0 saturated carbocycles. The summed E-state index contributed by atoms with van der Waals surface area (Å²) in [4.78, 5) is 26.2. The van der Waals surface area contributed by atoms with Gasteiger partial charge >= 0.3 is 0 Å². The summed E-state index contributed by atoms with van der Waals surface area (Å²) in [6, 6.07) is 13.2. The molecule has 0 atom stereocenters. The molecular formula is C22H26N2O4. The van der Waals surface area contributed by atoms with Gasteiger partial charge in [-0.25, -0.2) is 0 Å². The summed E-state index contributed by atoms with van der Waals surface area (Å²) in [5.41, 5.74) is 2.59. The van der Waals surface area contributed by atoms with Crippen molar-refractivity contribution in [1.29, 1.82) is 0 Å². The second kappa shape index (κ2) is 8.78. The lowest BCUT2D eigenvalue weighted by molar-refractivity contribution is -0.117. The van der Waals surface area contributed by atoms with Gasteiger partial charge in [0.15, 0.2) is 11.5 Å². The van der Waals surface area contributed by atoms with E-state index in [-0.39, 0.29) is 24.8 Å². The smallest absolute Gasteiger partial charge is 0.226 e. The van der Waals surface area contributed by atoms with Crippen molar-refractivity contribution in [1.82, 2.24) is 0 Å². The third-order valence-electron chi connectivity index (χ3n) is 4.64. The van der Waals surface area contributed by atoms with Gasteiger partial charge in [-0.1, -0.05) is 32.0 Å². The van der Waals surface area contributed by atoms with Crippen molar-refractivity contribution in [3.8, 4) is 11.5 Å². The molecule has 3 rings (SSSR count). The first-order chi connectivity index (χ1) is 13.5. The average Bonchev–Trinajstić information content (AvgIpc) is 2.68. The van der Waals surface area contributed by atoms with Gasteiger partial charge < -0.3 is 19.7 Å². The Balaban J connectivity index is 1.67. The van der Waals surface area contributed by atoms with E-state index in [1.54, 1.807) is 23.1 Å². The van der Waals surface area contributed by atoms with Gasteiger partial charge in [0.25, 0.3) is 0 Å². The SMILES string of the molecule is CC(=O)N(CCC(=O)Nc1ccccc1C(C)C)c1ccc2c(c1)OCCO2. The number of nitrogens with zero attached hydrogens (tertiary/aromatic N) is 1. The predicted molar refractivity (Wildman–Crippen MR) is 109 cm³/mol. The monoisotopic (exact) mass is 382 g/mol. The largest absolute Gasteiger partial charge is 0.486 e. The molecule has 0 aromatic heterocycles. The van der Waals surface area contributed by atoms with Gasteiger partial charge in [-0.3, -0.25) is 9.59 Å². The zero-order valence-corrected chi connectivity index (χ0v) is 16.5. The average molecular weight is 382 g/mol. The Morgan fingerprint density at radius 2 is 1.79 bits per heavy atom. The molecule has 0 radical (unpaired) electrons. The molecule has 2 aromatic carbocycles. The summed E-state index contributed by atoms with van der Waals surface area (Å²) >= 11 is 0. The number of amides is 2. The quantitative estimate of drug-likeness (QED) is 0.821. The number of hydrogen-bond acceptors (Lipinski definition) is 4. The maximum Gasteiger partial charge on any atom is 0.226 e. The summed E-state index contributed by atoms with van der Waals surface area (Å²) in [6.07, 6.45) is 0.195. The number of ether oxygens (including phenoxy) is 2. The van der Waals surface area contributed by atoms with E-state index in [4.69, 9.17) is 9.47 Å². The lowest BCUT2D eigenvalue weighted by atomic mass is 10.0. The summed E-state index contributed by atoms with van der Waals surface area (Å²) in [5, 5.41) is 2.97. The minimum Gasteiger partial charge on any atom is -0.486 e. The van der Waals surface area contributed by atoms with E-state index in [9.17, 15) is 9.59 Å². The number of benzene rings is 2. The van der Waals surface area contributed by atoms with E-state index in [0.29, 0.717) is 36.3 Å². The lowest BCUT2D eigenvalue weighted by Gasteiger charge is -2.24. The highest BCUT2D eigenvalue weighted by molar-refractivity contribution is 5.95. The maximum atomic E-state index is 12.5. The molecule has 6 nitrogen and oxygen atoms in total. The predicted octanol–water partition coefficient (Wildman–Crippen LogP) is 3.96. The molecule has 0 saturated heterocycles. The van der Waals surface area contributed by atoms with Crippen molar-refractivity contribution in [2.45, 2.75) is 33.1 Å². The van der Waals surface area contributed by atoms with Gasteiger partial charge in [-0.05, 0) is 29.7 Å². The Kier molecular flexibility index (Phi) is 6.19. The fraction of sp³-hybridized carbons (Fsp3) is 0.364. The van der Waals surface area contributed by atoms with Crippen molar-refractivity contribution < 1.29 is 19.1 Å². The second-order valence-electron chi connectivity index (χ2n) is 7.04. The number of carbonyl (C=O) groups excluding carboxylic acids is 2. The van der Waals surface area contributed by atoms with Crippen LogP contribution in [0.15, 0.2) is 42.5 Å². The van der Waals surface area contributed by atoms with E-state index in [2.05, 4.69) is 19.2 Å². The van der Waals surface area contributed by atoms with Crippen LogP contribution in [0.5, 0.6) is 11.5 Å². The van der Waals surface area contributed by atoms with E-state index in [1.807, 2.05) is 24.3 Å². The lowest BCUT2D eigenvalue weighted by Crippen LogP contribution is -2.32. The standard InChI is InChI=1S/C22H26N2O4/c1-15(2)18-6-4-5-7-19(18)23-22(26)10-11-24(16(3)25)17-8-9-20-21(14-17)28-13-12-27-20/h4-9,14-15H,10-13H2,1-3H3,(H,23,26). The number of rotatable bonds is 6. The Bertz CT molecular complexity index is 863. The Morgan fingerprint density at radius 1 is 1.07 bits per heavy atom. The molecule has 0 aliphatic carbocycles. The molecule has 1 aliphatic rings. The van der Waals surface area contributed by atoms with Crippen LogP contribution in [-0.4, -0.2) is 31.6 Å².